The minimum atomic E-state index is -0.401. The van der Waals surface area contributed by atoms with E-state index in [4.69, 9.17) is 23.8 Å². The van der Waals surface area contributed by atoms with E-state index in [0.717, 1.165) is 18.7 Å². The number of hydrogen-bond donors (Lipinski definition) is 2. The second kappa shape index (κ2) is 7.56. The van der Waals surface area contributed by atoms with E-state index in [1.54, 1.807) is 6.92 Å². The van der Waals surface area contributed by atoms with Crippen molar-refractivity contribution in [1.29, 1.82) is 0 Å². The largest absolute Gasteiger partial charge is 0.392 e. The summed E-state index contributed by atoms with van der Waals surface area (Å²) in [5, 5.41) is 13.9. The molecular weight excluding hydrogens is 268 g/mol. The molecule has 1 unspecified atom stereocenters. The smallest absolute Gasteiger partial charge is 0.173 e. The maximum absolute atomic E-state index is 9.45. The van der Waals surface area contributed by atoms with Gasteiger partial charge in [-0.25, -0.2) is 0 Å². The average Bonchev–Trinajstić information content (AvgIpc) is 2.31. The van der Waals surface area contributed by atoms with E-state index in [2.05, 4.69) is 12.2 Å². The Labute approximate surface area is 119 Å². The molecule has 1 atom stereocenters. The first-order valence-corrected chi connectivity index (χ1v) is 6.81. The standard InChI is InChI=1S/C13H19ClN2OS/c1-3-8-16(9-10(2)17)13(18)15-12-6-4-11(14)5-7-12/h4-7,10,17H,3,8-9H2,1-2H3,(H,15,18). The van der Waals surface area contributed by atoms with Gasteiger partial charge in [-0.3, -0.25) is 0 Å². The number of aliphatic hydroxyl groups is 1. The van der Waals surface area contributed by atoms with Crippen LogP contribution in [0.25, 0.3) is 0 Å². The SMILES string of the molecule is CCCN(CC(C)O)C(=S)Nc1ccc(Cl)cc1. The Morgan fingerprint density at radius 1 is 1.44 bits per heavy atom. The molecule has 3 nitrogen and oxygen atoms in total. The summed E-state index contributed by atoms with van der Waals surface area (Å²) in [6.45, 7) is 5.20. The van der Waals surface area contributed by atoms with Gasteiger partial charge in [0.15, 0.2) is 5.11 Å². The van der Waals surface area contributed by atoms with Crippen molar-refractivity contribution in [3.05, 3.63) is 29.3 Å². The van der Waals surface area contributed by atoms with Gasteiger partial charge in [-0.2, -0.15) is 0 Å². The lowest BCUT2D eigenvalue weighted by Crippen LogP contribution is -2.39. The van der Waals surface area contributed by atoms with Crippen LogP contribution in [-0.4, -0.2) is 34.3 Å². The minimum absolute atomic E-state index is 0.401. The number of nitrogens with zero attached hydrogens (tertiary/aromatic N) is 1. The molecule has 1 aromatic rings. The summed E-state index contributed by atoms with van der Waals surface area (Å²) in [7, 11) is 0. The number of thiocarbonyl (C=S) groups is 1. The third-order valence-corrected chi connectivity index (χ3v) is 2.97. The van der Waals surface area contributed by atoms with Crippen LogP contribution in [0.5, 0.6) is 0 Å². The van der Waals surface area contributed by atoms with Crippen molar-refractivity contribution >= 4 is 34.6 Å². The van der Waals surface area contributed by atoms with Gasteiger partial charge in [0.1, 0.15) is 0 Å². The third kappa shape index (κ3) is 5.21. The van der Waals surface area contributed by atoms with Crippen molar-refractivity contribution in [2.45, 2.75) is 26.4 Å². The summed E-state index contributed by atoms with van der Waals surface area (Å²) in [5.41, 5.74) is 0.899. The van der Waals surface area contributed by atoms with Crippen LogP contribution in [0.1, 0.15) is 20.3 Å². The van der Waals surface area contributed by atoms with E-state index in [1.807, 2.05) is 29.2 Å². The van der Waals surface area contributed by atoms with E-state index in [9.17, 15) is 5.11 Å². The average molecular weight is 287 g/mol. The van der Waals surface area contributed by atoms with Crippen molar-refractivity contribution in [2.75, 3.05) is 18.4 Å². The molecule has 0 fully saturated rings. The maximum atomic E-state index is 9.45. The first-order valence-electron chi connectivity index (χ1n) is 6.02. The first kappa shape index (κ1) is 15.2. The summed E-state index contributed by atoms with van der Waals surface area (Å²) >= 11 is 11.2. The van der Waals surface area contributed by atoms with Crippen LogP contribution in [0.2, 0.25) is 5.02 Å². The monoisotopic (exact) mass is 286 g/mol. The zero-order valence-electron chi connectivity index (χ0n) is 10.7. The molecule has 100 valence electrons. The Morgan fingerprint density at radius 2 is 2.06 bits per heavy atom. The molecule has 18 heavy (non-hydrogen) atoms. The zero-order valence-corrected chi connectivity index (χ0v) is 12.3. The number of nitrogens with one attached hydrogen (secondary N) is 1. The molecule has 0 bridgehead atoms. The molecule has 0 amide bonds. The van der Waals surface area contributed by atoms with Crippen LogP contribution >= 0.6 is 23.8 Å². The molecule has 0 aliphatic heterocycles. The Kier molecular flexibility index (Phi) is 6.39. The van der Waals surface area contributed by atoms with Crippen molar-refractivity contribution < 1.29 is 5.11 Å². The lowest BCUT2D eigenvalue weighted by Gasteiger charge is -2.26. The van der Waals surface area contributed by atoms with Gasteiger partial charge in [0.25, 0.3) is 0 Å². The van der Waals surface area contributed by atoms with Crippen LogP contribution < -0.4 is 5.32 Å². The van der Waals surface area contributed by atoms with Gasteiger partial charge in [-0.05, 0) is 49.8 Å². The molecule has 0 heterocycles. The third-order valence-electron chi connectivity index (χ3n) is 2.36. The van der Waals surface area contributed by atoms with Gasteiger partial charge in [-0.1, -0.05) is 18.5 Å². The highest BCUT2D eigenvalue weighted by Gasteiger charge is 2.11. The minimum Gasteiger partial charge on any atom is -0.392 e. The molecule has 0 saturated heterocycles. The second-order valence-corrected chi connectivity index (χ2v) is 5.06. The fourth-order valence-corrected chi connectivity index (χ4v) is 2.01. The Morgan fingerprint density at radius 3 is 2.56 bits per heavy atom. The fourth-order valence-electron chi connectivity index (χ4n) is 1.60. The van der Waals surface area contributed by atoms with Gasteiger partial charge in [0, 0.05) is 23.8 Å². The summed E-state index contributed by atoms with van der Waals surface area (Å²) in [6.07, 6.45) is 0.580. The topological polar surface area (TPSA) is 35.5 Å². The highest BCUT2D eigenvalue weighted by Crippen LogP contribution is 2.14. The lowest BCUT2D eigenvalue weighted by molar-refractivity contribution is 0.160. The predicted octanol–water partition coefficient (Wildman–Crippen LogP) is 3.13. The van der Waals surface area contributed by atoms with E-state index >= 15 is 0 Å². The molecule has 0 aromatic heterocycles. The summed E-state index contributed by atoms with van der Waals surface area (Å²) < 4.78 is 0. The van der Waals surface area contributed by atoms with Gasteiger partial charge >= 0.3 is 0 Å². The normalized spacial score (nSPS) is 12.0. The maximum Gasteiger partial charge on any atom is 0.173 e. The van der Waals surface area contributed by atoms with E-state index in [1.165, 1.54) is 0 Å². The molecule has 0 saturated carbocycles. The van der Waals surface area contributed by atoms with Crippen LogP contribution in [0.4, 0.5) is 5.69 Å². The number of benzene rings is 1. The van der Waals surface area contributed by atoms with Crippen molar-refractivity contribution in [1.82, 2.24) is 4.90 Å². The number of anilines is 1. The van der Waals surface area contributed by atoms with E-state index < -0.39 is 6.10 Å². The second-order valence-electron chi connectivity index (χ2n) is 4.23. The Hall–Kier alpha value is -0.840. The van der Waals surface area contributed by atoms with Crippen molar-refractivity contribution in [3.8, 4) is 0 Å². The summed E-state index contributed by atoms with van der Waals surface area (Å²) in [6, 6.07) is 7.37. The molecule has 0 aliphatic rings. The fraction of sp³-hybridized carbons (Fsp3) is 0.462. The van der Waals surface area contributed by atoms with Crippen LogP contribution in [-0.2, 0) is 0 Å². The number of hydrogen-bond acceptors (Lipinski definition) is 2. The molecule has 5 heteroatoms. The van der Waals surface area contributed by atoms with Gasteiger partial charge in [0.2, 0.25) is 0 Å². The molecule has 1 rings (SSSR count). The van der Waals surface area contributed by atoms with Crippen molar-refractivity contribution in [3.63, 3.8) is 0 Å². The first-order chi connectivity index (χ1) is 8.52. The number of halogens is 1. The molecule has 0 aliphatic carbocycles. The molecule has 0 spiro atoms. The Balaban J connectivity index is 2.63. The lowest BCUT2D eigenvalue weighted by atomic mass is 10.3. The highest BCUT2D eigenvalue weighted by atomic mass is 35.5. The number of aliphatic hydroxyl groups excluding tert-OH is 1. The summed E-state index contributed by atoms with van der Waals surface area (Å²) in [4.78, 5) is 1.97. The van der Waals surface area contributed by atoms with Gasteiger partial charge in [0.05, 0.1) is 6.10 Å². The molecule has 0 radical (unpaired) electrons. The quantitative estimate of drug-likeness (QED) is 0.815. The Bertz CT molecular complexity index is 381. The van der Waals surface area contributed by atoms with E-state index in [-0.39, 0.29) is 0 Å². The van der Waals surface area contributed by atoms with Gasteiger partial charge in [-0.15, -0.1) is 0 Å². The van der Waals surface area contributed by atoms with Crippen LogP contribution in [0, 0.1) is 0 Å². The number of rotatable bonds is 5. The van der Waals surface area contributed by atoms with Crippen LogP contribution in [0.3, 0.4) is 0 Å². The summed E-state index contributed by atoms with van der Waals surface area (Å²) in [5.74, 6) is 0. The van der Waals surface area contributed by atoms with E-state index in [0.29, 0.717) is 16.7 Å². The van der Waals surface area contributed by atoms with Crippen LogP contribution in [0.15, 0.2) is 24.3 Å². The zero-order chi connectivity index (χ0) is 13.5. The predicted molar refractivity (Wildman–Crippen MR) is 81.2 cm³/mol. The van der Waals surface area contributed by atoms with Gasteiger partial charge < -0.3 is 15.3 Å². The molecular formula is C13H19ClN2OS. The molecule has 2 N–H and O–H groups in total. The molecule has 1 aromatic carbocycles. The van der Waals surface area contributed by atoms with Crippen molar-refractivity contribution in [2.24, 2.45) is 0 Å². The highest BCUT2D eigenvalue weighted by molar-refractivity contribution is 7.80.